The summed E-state index contributed by atoms with van der Waals surface area (Å²) in [5.74, 6) is -0.390. The first kappa shape index (κ1) is 12.9. The summed E-state index contributed by atoms with van der Waals surface area (Å²) in [6, 6.07) is 3.15. The van der Waals surface area contributed by atoms with Gasteiger partial charge in [-0.2, -0.15) is 0 Å². The monoisotopic (exact) mass is 285 g/mol. The van der Waals surface area contributed by atoms with Crippen LogP contribution in [0.2, 0.25) is 5.02 Å². The zero-order chi connectivity index (χ0) is 13.3. The molecule has 0 unspecified atom stereocenters. The number of benzene rings is 1. The molecule has 94 valence electrons. The third-order valence-corrected chi connectivity index (χ3v) is 3.02. The normalized spacial score (nSPS) is 10.6. The van der Waals surface area contributed by atoms with Gasteiger partial charge in [0.1, 0.15) is 0 Å². The van der Waals surface area contributed by atoms with Crippen molar-refractivity contribution in [3.8, 4) is 0 Å². The fourth-order valence-electron chi connectivity index (χ4n) is 1.83. The Kier molecular flexibility index (Phi) is 3.59. The van der Waals surface area contributed by atoms with Crippen LogP contribution in [0.15, 0.2) is 18.3 Å². The number of halogens is 2. The Morgan fingerprint density at radius 1 is 1.39 bits per heavy atom. The molecule has 0 atom stereocenters. The Balaban J connectivity index is 2.63. The molecule has 0 aliphatic rings. The number of esters is 1. The van der Waals surface area contributed by atoms with Crippen molar-refractivity contribution in [2.24, 2.45) is 0 Å². The maximum atomic E-state index is 11.4. The average Bonchev–Trinajstić information content (AvgIpc) is 2.70. The number of aromatic nitrogens is 1. The summed E-state index contributed by atoms with van der Waals surface area (Å²) in [4.78, 5) is 25.6. The third kappa shape index (κ3) is 2.35. The Morgan fingerprint density at radius 2 is 2.11 bits per heavy atom. The zero-order valence-corrected chi connectivity index (χ0v) is 10.9. The highest BCUT2D eigenvalue weighted by Gasteiger charge is 2.16. The Bertz CT molecular complexity index is 634. The van der Waals surface area contributed by atoms with Gasteiger partial charge >= 0.3 is 5.97 Å². The number of ether oxygens (including phenoxy) is 1. The molecule has 2 aromatic rings. The number of nitrogens with one attached hydrogen (secondary N) is 1. The van der Waals surface area contributed by atoms with E-state index in [1.165, 1.54) is 13.2 Å². The number of aromatic amines is 1. The molecule has 1 aromatic carbocycles. The van der Waals surface area contributed by atoms with E-state index in [2.05, 4.69) is 9.72 Å². The molecule has 0 aliphatic carbocycles. The van der Waals surface area contributed by atoms with Gasteiger partial charge in [0.2, 0.25) is 0 Å². The van der Waals surface area contributed by atoms with Crippen LogP contribution in [0.3, 0.4) is 0 Å². The lowest BCUT2D eigenvalue weighted by atomic mass is 10.1. The van der Waals surface area contributed by atoms with Crippen molar-refractivity contribution in [2.45, 2.75) is 6.42 Å². The Morgan fingerprint density at radius 3 is 2.72 bits per heavy atom. The first-order chi connectivity index (χ1) is 8.52. The summed E-state index contributed by atoms with van der Waals surface area (Å²) in [5.41, 5.74) is 1.59. The van der Waals surface area contributed by atoms with Crippen LogP contribution in [-0.2, 0) is 16.0 Å². The van der Waals surface area contributed by atoms with E-state index >= 15 is 0 Å². The average molecular weight is 286 g/mol. The molecule has 1 aromatic heterocycles. The van der Waals surface area contributed by atoms with Crippen molar-refractivity contribution in [2.75, 3.05) is 7.11 Å². The number of rotatable bonds is 3. The number of carbonyl (C=O) groups excluding carboxylic acids is 2. The van der Waals surface area contributed by atoms with Crippen LogP contribution in [-0.4, -0.2) is 23.3 Å². The Hall–Kier alpha value is -1.52. The largest absolute Gasteiger partial charge is 0.469 e. The lowest BCUT2D eigenvalue weighted by Crippen LogP contribution is -2.04. The van der Waals surface area contributed by atoms with Crippen molar-refractivity contribution < 1.29 is 14.3 Å². The molecule has 0 spiro atoms. The van der Waals surface area contributed by atoms with Gasteiger partial charge in [-0.1, -0.05) is 11.6 Å². The van der Waals surface area contributed by atoms with Crippen molar-refractivity contribution in [1.29, 1.82) is 0 Å². The van der Waals surface area contributed by atoms with E-state index in [1.54, 1.807) is 12.3 Å². The summed E-state index contributed by atoms with van der Waals surface area (Å²) in [5, 5.41) is 0.385. The van der Waals surface area contributed by atoms with E-state index in [-0.39, 0.29) is 18.0 Å². The predicted octanol–water partition coefficient (Wildman–Crippen LogP) is 2.92. The second-order valence-electron chi connectivity index (χ2n) is 3.72. The second-order valence-corrected chi connectivity index (χ2v) is 4.50. The van der Waals surface area contributed by atoms with Crippen LogP contribution in [0.1, 0.15) is 15.9 Å². The highest BCUT2D eigenvalue weighted by molar-refractivity contribution is 6.68. The van der Waals surface area contributed by atoms with Crippen LogP contribution in [0.4, 0.5) is 0 Å². The SMILES string of the molecule is COC(=O)Cc1c[nH]c2cc(Cl)cc(C(=O)Cl)c12. The molecular weight excluding hydrogens is 277 g/mol. The van der Waals surface area contributed by atoms with Gasteiger partial charge in [0, 0.05) is 27.7 Å². The minimum absolute atomic E-state index is 0.0648. The van der Waals surface area contributed by atoms with Crippen molar-refractivity contribution in [3.63, 3.8) is 0 Å². The maximum absolute atomic E-state index is 11.4. The zero-order valence-electron chi connectivity index (χ0n) is 9.42. The summed E-state index contributed by atoms with van der Waals surface area (Å²) in [7, 11) is 1.31. The van der Waals surface area contributed by atoms with E-state index in [4.69, 9.17) is 23.2 Å². The smallest absolute Gasteiger partial charge is 0.310 e. The minimum Gasteiger partial charge on any atom is -0.469 e. The van der Waals surface area contributed by atoms with Gasteiger partial charge in [-0.05, 0) is 29.3 Å². The van der Waals surface area contributed by atoms with Crippen LogP contribution in [0, 0.1) is 0 Å². The van der Waals surface area contributed by atoms with Crippen LogP contribution >= 0.6 is 23.2 Å². The highest BCUT2D eigenvalue weighted by Crippen LogP contribution is 2.28. The number of fused-ring (bicyclic) bond motifs is 1. The third-order valence-electron chi connectivity index (χ3n) is 2.60. The fourth-order valence-corrected chi connectivity index (χ4v) is 2.19. The van der Waals surface area contributed by atoms with Gasteiger partial charge < -0.3 is 9.72 Å². The van der Waals surface area contributed by atoms with E-state index in [9.17, 15) is 9.59 Å². The fraction of sp³-hybridized carbons (Fsp3) is 0.167. The molecule has 2 rings (SSSR count). The van der Waals surface area contributed by atoms with Crippen molar-refractivity contribution in [1.82, 2.24) is 4.98 Å². The first-order valence-electron chi connectivity index (χ1n) is 5.09. The van der Waals surface area contributed by atoms with E-state index in [0.29, 0.717) is 21.5 Å². The Labute approximate surface area is 113 Å². The number of carbonyl (C=O) groups is 2. The quantitative estimate of drug-likeness (QED) is 0.697. The molecule has 0 amide bonds. The van der Waals surface area contributed by atoms with Gasteiger partial charge in [0.25, 0.3) is 5.24 Å². The number of H-pyrrole nitrogens is 1. The standard InChI is InChI=1S/C12H9Cl2NO3/c1-18-10(16)2-6-5-15-9-4-7(13)3-8(11(6)9)12(14)17/h3-5,15H,2H2,1H3. The van der Waals surface area contributed by atoms with Gasteiger partial charge in [0.15, 0.2) is 0 Å². The summed E-state index contributed by atoms with van der Waals surface area (Å²) >= 11 is 11.4. The molecule has 0 fully saturated rings. The van der Waals surface area contributed by atoms with Crippen LogP contribution in [0.5, 0.6) is 0 Å². The molecule has 0 bridgehead atoms. The second kappa shape index (κ2) is 5.00. The molecule has 1 N–H and O–H groups in total. The van der Waals surface area contributed by atoms with Crippen molar-refractivity contribution >= 4 is 45.3 Å². The predicted molar refractivity (Wildman–Crippen MR) is 69.2 cm³/mol. The van der Waals surface area contributed by atoms with Crippen LogP contribution < -0.4 is 0 Å². The van der Waals surface area contributed by atoms with Gasteiger partial charge in [0.05, 0.1) is 13.5 Å². The van der Waals surface area contributed by atoms with Crippen LogP contribution in [0.25, 0.3) is 10.9 Å². The minimum atomic E-state index is -0.617. The summed E-state index contributed by atoms with van der Waals surface area (Å²) in [6.45, 7) is 0. The molecule has 0 radical (unpaired) electrons. The molecule has 6 heteroatoms. The molecule has 0 aliphatic heterocycles. The van der Waals surface area contributed by atoms with E-state index in [0.717, 1.165) is 0 Å². The number of methoxy groups -OCH3 is 1. The summed E-state index contributed by atoms with van der Waals surface area (Å²) in [6.07, 6.45) is 1.70. The lowest BCUT2D eigenvalue weighted by molar-refractivity contribution is -0.139. The van der Waals surface area contributed by atoms with Crippen molar-refractivity contribution in [3.05, 3.63) is 34.5 Å². The molecular formula is C12H9Cl2NO3. The first-order valence-corrected chi connectivity index (χ1v) is 5.84. The molecule has 4 nitrogen and oxygen atoms in total. The van der Waals surface area contributed by atoms with Gasteiger partial charge in [-0.25, -0.2) is 0 Å². The topological polar surface area (TPSA) is 59.2 Å². The molecule has 18 heavy (non-hydrogen) atoms. The molecule has 0 saturated carbocycles. The van der Waals surface area contributed by atoms with E-state index < -0.39 is 5.24 Å². The molecule has 0 saturated heterocycles. The lowest BCUT2D eigenvalue weighted by Gasteiger charge is -2.03. The number of hydrogen-bond donors (Lipinski definition) is 1. The maximum Gasteiger partial charge on any atom is 0.310 e. The van der Waals surface area contributed by atoms with E-state index in [1.807, 2.05) is 0 Å². The van der Waals surface area contributed by atoms with Gasteiger partial charge in [-0.3, -0.25) is 9.59 Å². The number of hydrogen-bond acceptors (Lipinski definition) is 3. The van der Waals surface area contributed by atoms with Gasteiger partial charge in [-0.15, -0.1) is 0 Å². The summed E-state index contributed by atoms with van der Waals surface area (Å²) < 4.78 is 4.60. The highest BCUT2D eigenvalue weighted by atomic mass is 35.5. The molecule has 1 heterocycles.